The topological polar surface area (TPSA) is 73.7 Å². The predicted molar refractivity (Wildman–Crippen MR) is 109 cm³/mol. The summed E-state index contributed by atoms with van der Waals surface area (Å²) >= 11 is 1.28. The van der Waals surface area contributed by atoms with Crippen molar-refractivity contribution in [2.75, 3.05) is 0 Å². The van der Waals surface area contributed by atoms with Crippen molar-refractivity contribution in [3.63, 3.8) is 0 Å². The first-order valence-corrected chi connectivity index (χ1v) is 9.18. The van der Waals surface area contributed by atoms with Crippen LogP contribution in [0.2, 0.25) is 0 Å². The average molecular weight is 374 g/mol. The zero-order chi connectivity index (χ0) is 19.2. The van der Waals surface area contributed by atoms with Gasteiger partial charge in [0.2, 0.25) is 10.7 Å². The molecule has 1 heterocycles. The van der Waals surface area contributed by atoms with Gasteiger partial charge in [-0.1, -0.05) is 59.4 Å². The molecule has 0 radical (unpaired) electrons. The summed E-state index contributed by atoms with van der Waals surface area (Å²) < 4.78 is 1.34. The summed E-state index contributed by atoms with van der Waals surface area (Å²) in [7, 11) is 0. The number of aryl methyl sites for hydroxylation is 1. The summed E-state index contributed by atoms with van der Waals surface area (Å²) in [5.41, 5.74) is 3.73. The van der Waals surface area contributed by atoms with Gasteiger partial charge < -0.3 is 5.11 Å². The maximum Gasteiger partial charge on any atom is 0.225 e. The molecule has 0 aliphatic carbocycles. The van der Waals surface area contributed by atoms with Crippen LogP contribution in [0.4, 0.5) is 5.69 Å². The molecule has 6 heteroatoms. The Bertz CT molecular complexity index is 1100. The highest BCUT2D eigenvalue weighted by Crippen LogP contribution is 2.15. The van der Waals surface area contributed by atoms with E-state index in [-0.39, 0.29) is 5.88 Å². The number of nitrogens with zero attached hydrogens (tertiary/aromatic N) is 4. The smallest absolute Gasteiger partial charge is 0.225 e. The zero-order valence-electron chi connectivity index (χ0n) is 15.0. The Hall–Kier alpha value is -3.43. The Morgan fingerprint density at radius 1 is 1.15 bits per heavy atom. The standard InChI is InChI=1S/C21H18N4OS/c1-15-8-10-19(11-9-15)23-21-25(20(26)14-27-21)24-16(2)18(13-22)12-17-6-4-3-5-7-17/h3-12,14,26H,1-2H3/b18-12-,23-21?,24-16+. The maximum absolute atomic E-state index is 10.2. The number of aromatic nitrogens is 1. The molecular formula is C21H18N4OS. The number of thiazole rings is 1. The minimum absolute atomic E-state index is 0.0257. The lowest BCUT2D eigenvalue weighted by atomic mass is 10.1. The van der Waals surface area contributed by atoms with Crippen molar-refractivity contribution in [1.29, 1.82) is 5.26 Å². The molecule has 0 saturated heterocycles. The molecule has 3 rings (SSSR count). The van der Waals surface area contributed by atoms with Crippen molar-refractivity contribution in [2.24, 2.45) is 10.1 Å². The van der Waals surface area contributed by atoms with Gasteiger partial charge in [0.15, 0.2) is 0 Å². The van der Waals surface area contributed by atoms with Crippen LogP contribution in [-0.4, -0.2) is 15.5 Å². The molecule has 2 aromatic carbocycles. The molecule has 0 amide bonds. The molecule has 0 aliphatic heterocycles. The highest BCUT2D eigenvalue weighted by molar-refractivity contribution is 7.07. The van der Waals surface area contributed by atoms with Crippen molar-refractivity contribution < 1.29 is 5.11 Å². The largest absolute Gasteiger partial charge is 0.493 e. The van der Waals surface area contributed by atoms with E-state index in [1.54, 1.807) is 18.4 Å². The number of allylic oxidation sites excluding steroid dienone is 1. The summed E-state index contributed by atoms with van der Waals surface area (Å²) in [6.45, 7) is 3.74. The second-order valence-corrected chi connectivity index (χ2v) is 6.74. The minimum Gasteiger partial charge on any atom is -0.493 e. The van der Waals surface area contributed by atoms with Crippen LogP contribution in [0, 0.1) is 18.3 Å². The van der Waals surface area contributed by atoms with E-state index in [2.05, 4.69) is 16.2 Å². The number of benzene rings is 2. The number of hydrogen-bond donors (Lipinski definition) is 1. The lowest BCUT2D eigenvalue weighted by Gasteiger charge is -2.02. The van der Waals surface area contributed by atoms with Crippen molar-refractivity contribution in [3.05, 3.63) is 81.5 Å². The van der Waals surface area contributed by atoms with Gasteiger partial charge in [0, 0.05) is 0 Å². The molecule has 5 nitrogen and oxygen atoms in total. The van der Waals surface area contributed by atoms with Gasteiger partial charge in [0.05, 0.1) is 22.4 Å². The summed E-state index contributed by atoms with van der Waals surface area (Å²) in [5.74, 6) is -0.0257. The van der Waals surface area contributed by atoms with Gasteiger partial charge in [-0.3, -0.25) is 0 Å². The number of nitriles is 1. The molecule has 0 spiro atoms. The minimum atomic E-state index is -0.0257. The fourth-order valence-corrected chi connectivity index (χ4v) is 3.04. The summed E-state index contributed by atoms with van der Waals surface area (Å²) in [6, 6.07) is 19.5. The summed E-state index contributed by atoms with van der Waals surface area (Å²) in [5, 5.41) is 25.6. The van der Waals surface area contributed by atoms with Crippen molar-refractivity contribution in [2.45, 2.75) is 13.8 Å². The van der Waals surface area contributed by atoms with Crippen LogP contribution in [0.25, 0.3) is 6.08 Å². The molecule has 27 heavy (non-hydrogen) atoms. The Kier molecular flexibility index (Phi) is 5.64. The molecule has 0 fully saturated rings. The van der Waals surface area contributed by atoms with E-state index >= 15 is 0 Å². The van der Waals surface area contributed by atoms with E-state index < -0.39 is 0 Å². The van der Waals surface area contributed by atoms with Crippen LogP contribution in [0.5, 0.6) is 5.88 Å². The third-order valence-corrected chi connectivity index (χ3v) is 4.60. The Balaban J connectivity index is 2.01. The first-order chi connectivity index (χ1) is 13.1. The van der Waals surface area contributed by atoms with Crippen LogP contribution in [0.15, 0.2) is 75.6 Å². The quantitative estimate of drug-likeness (QED) is 0.534. The lowest BCUT2D eigenvalue weighted by Crippen LogP contribution is -2.12. The van der Waals surface area contributed by atoms with E-state index in [0.29, 0.717) is 16.1 Å². The van der Waals surface area contributed by atoms with E-state index in [4.69, 9.17) is 0 Å². The van der Waals surface area contributed by atoms with Crippen LogP contribution in [-0.2, 0) is 0 Å². The van der Waals surface area contributed by atoms with Crippen LogP contribution in [0.1, 0.15) is 18.1 Å². The highest BCUT2D eigenvalue weighted by Gasteiger charge is 2.07. The zero-order valence-corrected chi connectivity index (χ0v) is 15.8. The molecule has 0 saturated carbocycles. The molecule has 3 aromatic rings. The molecule has 134 valence electrons. The van der Waals surface area contributed by atoms with Gasteiger partial charge in [-0.2, -0.15) is 15.0 Å². The molecule has 0 aliphatic rings. The van der Waals surface area contributed by atoms with E-state index in [1.165, 1.54) is 16.0 Å². The van der Waals surface area contributed by atoms with Gasteiger partial charge in [-0.05, 0) is 37.6 Å². The average Bonchev–Trinajstić information content (AvgIpc) is 3.02. The molecule has 1 N–H and O–H groups in total. The molecule has 1 aromatic heterocycles. The van der Waals surface area contributed by atoms with Crippen LogP contribution in [0.3, 0.4) is 0 Å². The molecule has 0 bridgehead atoms. The van der Waals surface area contributed by atoms with Gasteiger partial charge in [0.1, 0.15) is 6.07 Å². The first-order valence-electron chi connectivity index (χ1n) is 8.30. The molecular weight excluding hydrogens is 356 g/mol. The van der Waals surface area contributed by atoms with E-state index in [9.17, 15) is 10.4 Å². The van der Waals surface area contributed by atoms with Crippen LogP contribution < -0.4 is 4.80 Å². The number of aromatic hydroxyl groups is 1. The molecule has 0 atom stereocenters. The number of hydrogen-bond acceptors (Lipinski definition) is 5. The van der Waals surface area contributed by atoms with Crippen molar-refractivity contribution >= 4 is 28.8 Å². The van der Waals surface area contributed by atoms with Crippen molar-refractivity contribution in [3.8, 4) is 11.9 Å². The fraction of sp³-hybridized carbons (Fsp3) is 0.0952. The first kappa shape index (κ1) is 18.4. The number of rotatable bonds is 4. The monoisotopic (exact) mass is 374 g/mol. The maximum atomic E-state index is 10.2. The van der Waals surface area contributed by atoms with Gasteiger partial charge in [-0.15, -0.1) is 0 Å². The highest BCUT2D eigenvalue weighted by atomic mass is 32.1. The fourth-order valence-electron chi connectivity index (χ4n) is 2.34. The molecule has 0 unspecified atom stereocenters. The van der Waals surface area contributed by atoms with Gasteiger partial charge in [-0.25, -0.2) is 4.99 Å². The second-order valence-electron chi connectivity index (χ2n) is 5.90. The summed E-state index contributed by atoms with van der Waals surface area (Å²) in [6.07, 6.45) is 1.76. The third kappa shape index (κ3) is 4.60. The van der Waals surface area contributed by atoms with E-state index in [1.807, 2.05) is 61.5 Å². The van der Waals surface area contributed by atoms with Crippen LogP contribution >= 0.6 is 11.3 Å². The normalized spacial score (nSPS) is 12.9. The van der Waals surface area contributed by atoms with Gasteiger partial charge in [0.25, 0.3) is 0 Å². The lowest BCUT2D eigenvalue weighted by molar-refractivity contribution is 0.426. The van der Waals surface area contributed by atoms with Gasteiger partial charge >= 0.3 is 0 Å². The third-order valence-electron chi connectivity index (χ3n) is 3.80. The predicted octanol–water partition coefficient (Wildman–Crippen LogP) is 4.63. The summed E-state index contributed by atoms with van der Waals surface area (Å²) in [4.78, 5) is 5.06. The van der Waals surface area contributed by atoms with Crippen molar-refractivity contribution in [1.82, 2.24) is 4.68 Å². The van der Waals surface area contributed by atoms with E-state index in [0.717, 1.165) is 16.8 Å². The Morgan fingerprint density at radius 3 is 2.52 bits per heavy atom. The Labute approximate surface area is 161 Å². The second kappa shape index (κ2) is 8.30. The Morgan fingerprint density at radius 2 is 1.85 bits per heavy atom. The SMILES string of the molecule is CC(=N\n1c(O)csc1=Nc1ccc(C)cc1)/C(C#N)=C\c1ccccc1.